The molecule has 0 bridgehead atoms. The van der Waals surface area contributed by atoms with Gasteiger partial charge in [0.2, 0.25) is 5.95 Å². The normalized spacial score (nSPS) is 14.7. The highest BCUT2D eigenvalue weighted by atomic mass is 16.5. The number of fused-ring (bicyclic) bond motifs is 1. The fraction of sp³-hybridized carbons (Fsp3) is 0.773. The van der Waals surface area contributed by atoms with E-state index in [2.05, 4.69) is 16.8 Å². The molecule has 1 N–H and O–H groups in total. The molecule has 0 spiro atoms. The van der Waals surface area contributed by atoms with Crippen LogP contribution in [0.4, 0.5) is 5.95 Å². The molecule has 0 saturated carbocycles. The summed E-state index contributed by atoms with van der Waals surface area (Å²) < 4.78 is 8.90. The first-order valence-corrected chi connectivity index (χ1v) is 11.7. The molecule has 0 amide bonds. The van der Waals surface area contributed by atoms with Gasteiger partial charge in [-0.1, -0.05) is 64.7 Å². The summed E-state index contributed by atoms with van der Waals surface area (Å²) in [6, 6.07) is 0. The lowest BCUT2D eigenvalue weighted by atomic mass is 10.1. The standard InChI is InChI=1S/C22H37N5O3/c1-3-4-5-6-7-8-9-10-11-12-13-27-18-19(25(2)22(29)24-20(18)28)23-21(27)26-14-16-30-17-15-26/h3-17H2,1-2H3,(H,24,28,29). The van der Waals surface area contributed by atoms with Gasteiger partial charge < -0.3 is 14.2 Å². The van der Waals surface area contributed by atoms with Crippen LogP contribution in [0, 0.1) is 0 Å². The maximum absolute atomic E-state index is 12.6. The van der Waals surface area contributed by atoms with Gasteiger partial charge in [0.1, 0.15) is 0 Å². The molecule has 1 saturated heterocycles. The summed E-state index contributed by atoms with van der Waals surface area (Å²) in [5.74, 6) is 0.774. The van der Waals surface area contributed by atoms with Crippen LogP contribution in [0.25, 0.3) is 11.2 Å². The fourth-order valence-electron chi connectivity index (χ4n) is 4.20. The van der Waals surface area contributed by atoms with E-state index in [1.54, 1.807) is 7.05 Å². The molecule has 1 aliphatic rings. The minimum atomic E-state index is -0.426. The van der Waals surface area contributed by atoms with Gasteiger partial charge >= 0.3 is 5.69 Å². The number of H-pyrrole nitrogens is 1. The van der Waals surface area contributed by atoms with E-state index in [0.717, 1.165) is 38.4 Å². The van der Waals surface area contributed by atoms with Crippen molar-refractivity contribution >= 4 is 17.1 Å². The van der Waals surface area contributed by atoms with Gasteiger partial charge in [0.15, 0.2) is 11.2 Å². The molecule has 0 radical (unpaired) electrons. The van der Waals surface area contributed by atoms with E-state index in [0.29, 0.717) is 24.4 Å². The number of aromatic nitrogens is 4. The number of hydrogen-bond donors (Lipinski definition) is 1. The Bertz CT molecular complexity index is 908. The average molecular weight is 420 g/mol. The largest absolute Gasteiger partial charge is 0.378 e. The summed E-state index contributed by atoms with van der Waals surface area (Å²) >= 11 is 0. The third-order valence-corrected chi connectivity index (χ3v) is 6.02. The van der Waals surface area contributed by atoms with Crippen molar-refractivity contribution in [2.24, 2.45) is 7.05 Å². The molecular weight excluding hydrogens is 382 g/mol. The molecule has 0 aromatic carbocycles. The first-order valence-electron chi connectivity index (χ1n) is 11.7. The van der Waals surface area contributed by atoms with Crippen molar-refractivity contribution < 1.29 is 4.74 Å². The Kier molecular flexibility index (Phi) is 8.54. The van der Waals surface area contributed by atoms with Gasteiger partial charge in [0.05, 0.1) is 13.2 Å². The zero-order valence-electron chi connectivity index (χ0n) is 18.6. The average Bonchev–Trinajstić information content (AvgIpc) is 3.14. The van der Waals surface area contributed by atoms with Gasteiger partial charge in [-0.05, 0) is 6.42 Å². The van der Waals surface area contributed by atoms with Crippen LogP contribution in [0.3, 0.4) is 0 Å². The molecule has 0 atom stereocenters. The number of morpholine rings is 1. The van der Waals surface area contributed by atoms with Gasteiger partial charge in [0.25, 0.3) is 5.56 Å². The van der Waals surface area contributed by atoms with E-state index in [4.69, 9.17) is 9.72 Å². The lowest BCUT2D eigenvalue weighted by Gasteiger charge is -2.28. The predicted molar refractivity (Wildman–Crippen MR) is 120 cm³/mol. The molecule has 2 aromatic heterocycles. The Morgan fingerprint density at radius 1 is 0.933 bits per heavy atom. The molecule has 0 aliphatic carbocycles. The molecule has 8 nitrogen and oxygen atoms in total. The monoisotopic (exact) mass is 419 g/mol. The molecule has 2 aromatic rings. The second-order valence-corrected chi connectivity index (χ2v) is 8.34. The van der Waals surface area contributed by atoms with E-state index in [1.165, 1.54) is 55.9 Å². The Morgan fingerprint density at radius 3 is 2.17 bits per heavy atom. The second kappa shape index (κ2) is 11.3. The number of aromatic amines is 1. The highest BCUT2D eigenvalue weighted by Gasteiger charge is 2.22. The summed E-state index contributed by atoms with van der Waals surface area (Å²) in [6.45, 7) is 5.77. The maximum atomic E-state index is 12.6. The molecule has 3 rings (SSSR count). The van der Waals surface area contributed by atoms with Gasteiger partial charge in [-0.15, -0.1) is 0 Å². The zero-order chi connectivity index (χ0) is 21.3. The second-order valence-electron chi connectivity index (χ2n) is 8.34. The minimum Gasteiger partial charge on any atom is -0.378 e. The van der Waals surface area contributed by atoms with Gasteiger partial charge in [0, 0.05) is 26.7 Å². The van der Waals surface area contributed by atoms with E-state index >= 15 is 0 Å². The molecule has 30 heavy (non-hydrogen) atoms. The van der Waals surface area contributed by atoms with Gasteiger partial charge in [-0.2, -0.15) is 4.98 Å². The summed E-state index contributed by atoms with van der Waals surface area (Å²) in [5.41, 5.74) is 0.170. The number of hydrogen-bond acceptors (Lipinski definition) is 5. The molecule has 3 heterocycles. The van der Waals surface area contributed by atoms with Crippen LogP contribution >= 0.6 is 0 Å². The Hall–Kier alpha value is -2.09. The Morgan fingerprint density at radius 2 is 1.53 bits per heavy atom. The molecule has 1 fully saturated rings. The molecule has 1 aliphatic heterocycles. The van der Waals surface area contributed by atoms with Crippen molar-refractivity contribution in [1.82, 2.24) is 19.1 Å². The lowest BCUT2D eigenvalue weighted by Crippen LogP contribution is -2.38. The van der Waals surface area contributed by atoms with Crippen molar-refractivity contribution in [2.45, 2.75) is 77.7 Å². The van der Waals surface area contributed by atoms with Crippen LogP contribution in [0.5, 0.6) is 0 Å². The van der Waals surface area contributed by atoms with Gasteiger partial charge in [-0.25, -0.2) is 4.79 Å². The summed E-state index contributed by atoms with van der Waals surface area (Å²) in [7, 11) is 1.65. The van der Waals surface area contributed by atoms with Crippen molar-refractivity contribution in [1.29, 1.82) is 0 Å². The van der Waals surface area contributed by atoms with Crippen LogP contribution in [-0.4, -0.2) is 45.4 Å². The first kappa shape index (κ1) is 22.6. The van der Waals surface area contributed by atoms with Crippen molar-refractivity contribution in [3.8, 4) is 0 Å². The third kappa shape index (κ3) is 5.53. The van der Waals surface area contributed by atoms with Crippen LogP contribution in [0.15, 0.2) is 9.59 Å². The summed E-state index contributed by atoms with van der Waals surface area (Å²) in [5, 5.41) is 0. The van der Waals surface area contributed by atoms with Gasteiger partial charge in [-0.3, -0.25) is 14.3 Å². The number of nitrogens with zero attached hydrogens (tertiary/aromatic N) is 4. The van der Waals surface area contributed by atoms with E-state index in [1.807, 2.05) is 4.57 Å². The quantitative estimate of drug-likeness (QED) is 0.534. The molecular formula is C22H37N5O3. The molecule has 8 heteroatoms. The zero-order valence-corrected chi connectivity index (χ0v) is 18.6. The number of aryl methyl sites for hydroxylation is 2. The topological polar surface area (TPSA) is 85.2 Å². The third-order valence-electron chi connectivity index (χ3n) is 6.02. The summed E-state index contributed by atoms with van der Waals surface area (Å²) in [4.78, 5) is 33.9. The molecule has 0 unspecified atom stereocenters. The van der Waals surface area contributed by atoms with Crippen molar-refractivity contribution in [3.63, 3.8) is 0 Å². The van der Waals surface area contributed by atoms with Crippen molar-refractivity contribution in [2.75, 3.05) is 31.2 Å². The maximum Gasteiger partial charge on any atom is 0.329 e. The molecule has 168 valence electrons. The lowest BCUT2D eigenvalue weighted by molar-refractivity contribution is 0.121. The fourth-order valence-corrected chi connectivity index (χ4v) is 4.20. The highest BCUT2D eigenvalue weighted by molar-refractivity contribution is 5.74. The SMILES string of the molecule is CCCCCCCCCCCCn1c(N2CCOCC2)nc2c1c(=O)[nH]c(=O)n2C. The highest BCUT2D eigenvalue weighted by Crippen LogP contribution is 2.21. The van der Waals surface area contributed by atoms with Crippen LogP contribution in [0.1, 0.15) is 71.1 Å². The minimum absolute atomic E-state index is 0.354. The summed E-state index contributed by atoms with van der Waals surface area (Å²) in [6.07, 6.45) is 12.7. The predicted octanol–water partition coefficient (Wildman–Crippen LogP) is 3.18. The Balaban J connectivity index is 1.63. The Labute approximate surface area is 178 Å². The number of anilines is 1. The number of ether oxygens (including phenoxy) is 1. The smallest absolute Gasteiger partial charge is 0.329 e. The van der Waals surface area contributed by atoms with E-state index < -0.39 is 5.69 Å². The number of nitrogens with one attached hydrogen (secondary N) is 1. The van der Waals surface area contributed by atoms with Crippen LogP contribution in [0.2, 0.25) is 0 Å². The van der Waals surface area contributed by atoms with E-state index in [9.17, 15) is 9.59 Å². The number of rotatable bonds is 12. The van der Waals surface area contributed by atoms with E-state index in [-0.39, 0.29) is 5.56 Å². The first-order chi connectivity index (χ1) is 14.6. The van der Waals surface area contributed by atoms with Crippen LogP contribution < -0.4 is 16.1 Å². The van der Waals surface area contributed by atoms with Crippen molar-refractivity contribution in [3.05, 3.63) is 20.8 Å². The van der Waals surface area contributed by atoms with Crippen LogP contribution in [-0.2, 0) is 18.3 Å². The number of unbranched alkanes of at least 4 members (excludes halogenated alkanes) is 9. The number of imidazole rings is 1.